The Morgan fingerprint density at radius 1 is 1.06 bits per heavy atom. The first-order chi connectivity index (χ1) is 15.2. The molecule has 3 aromatic rings. The first-order valence-electron chi connectivity index (χ1n) is 10.8. The standard InChI is InChI=1S/C22H27ClN6O2/c23-17-13-16(1-2-19(17)28-8-11-30-12-9-28)25-22-26-18-5-10-31-20(18)21(27-22)29-6-3-15(14-24)4-7-29/h1-2,5,10,13,15H,3-4,6-9,11-12,14,24H2,(H,25,26,27). The molecule has 31 heavy (non-hydrogen) atoms. The zero-order chi connectivity index (χ0) is 21.2. The van der Waals surface area contributed by atoms with E-state index >= 15 is 0 Å². The van der Waals surface area contributed by atoms with Crippen LogP contribution in [0.3, 0.4) is 0 Å². The lowest BCUT2D eigenvalue weighted by Crippen LogP contribution is -2.36. The Labute approximate surface area is 186 Å². The maximum absolute atomic E-state index is 6.59. The fourth-order valence-electron chi connectivity index (χ4n) is 4.27. The molecule has 2 aromatic heterocycles. The van der Waals surface area contributed by atoms with Gasteiger partial charge in [-0.3, -0.25) is 0 Å². The van der Waals surface area contributed by atoms with Crippen molar-refractivity contribution in [2.75, 3.05) is 61.1 Å². The Hall–Kier alpha value is -2.55. The van der Waals surface area contributed by atoms with Gasteiger partial charge in [0.05, 0.1) is 30.2 Å². The van der Waals surface area contributed by atoms with Gasteiger partial charge in [-0.2, -0.15) is 4.98 Å². The highest BCUT2D eigenvalue weighted by atomic mass is 35.5. The van der Waals surface area contributed by atoms with Gasteiger partial charge in [-0.1, -0.05) is 11.6 Å². The zero-order valence-electron chi connectivity index (χ0n) is 17.4. The maximum Gasteiger partial charge on any atom is 0.229 e. The average molecular weight is 443 g/mol. The number of aromatic nitrogens is 2. The first-order valence-corrected chi connectivity index (χ1v) is 11.2. The van der Waals surface area contributed by atoms with Crippen LogP contribution in [0.25, 0.3) is 11.1 Å². The van der Waals surface area contributed by atoms with E-state index in [1.807, 2.05) is 24.3 Å². The lowest BCUT2D eigenvalue weighted by atomic mass is 9.97. The van der Waals surface area contributed by atoms with Gasteiger partial charge in [0.25, 0.3) is 0 Å². The summed E-state index contributed by atoms with van der Waals surface area (Å²) in [5.41, 5.74) is 9.21. The summed E-state index contributed by atoms with van der Waals surface area (Å²) < 4.78 is 11.1. The van der Waals surface area contributed by atoms with E-state index in [-0.39, 0.29) is 0 Å². The molecule has 8 nitrogen and oxygen atoms in total. The molecule has 5 rings (SSSR count). The predicted molar refractivity (Wildman–Crippen MR) is 124 cm³/mol. The number of benzene rings is 1. The van der Waals surface area contributed by atoms with Gasteiger partial charge in [0, 0.05) is 37.9 Å². The van der Waals surface area contributed by atoms with Crippen molar-refractivity contribution in [3.63, 3.8) is 0 Å². The summed E-state index contributed by atoms with van der Waals surface area (Å²) in [6.07, 6.45) is 3.78. The van der Waals surface area contributed by atoms with Gasteiger partial charge in [-0.15, -0.1) is 0 Å². The van der Waals surface area contributed by atoms with Crippen LogP contribution in [-0.2, 0) is 4.74 Å². The minimum Gasteiger partial charge on any atom is -0.459 e. The Morgan fingerprint density at radius 2 is 1.87 bits per heavy atom. The van der Waals surface area contributed by atoms with Crippen LogP contribution in [0, 0.1) is 5.92 Å². The molecule has 0 bridgehead atoms. The van der Waals surface area contributed by atoms with Gasteiger partial charge >= 0.3 is 0 Å². The summed E-state index contributed by atoms with van der Waals surface area (Å²) in [6, 6.07) is 7.82. The second kappa shape index (κ2) is 8.90. The number of hydrogen-bond acceptors (Lipinski definition) is 8. The van der Waals surface area contributed by atoms with Crippen LogP contribution >= 0.6 is 11.6 Å². The highest BCUT2D eigenvalue weighted by molar-refractivity contribution is 6.33. The summed E-state index contributed by atoms with van der Waals surface area (Å²) in [5, 5.41) is 4.01. The molecule has 164 valence electrons. The third kappa shape index (κ3) is 4.28. The Kier molecular flexibility index (Phi) is 5.85. The van der Waals surface area contributed by atoms with E-state index < -0.39 is 0 Å². The first kappa shape index (κ1) is 20.4. The van der Waals surface area contributed by atoms with E-state index in [1.54, 1.807) is 6.26 Å². The number of nitrogens with one attached hydrogen (secondary N) is 1. The summed E-state index contributed by atoms with van der Waals surface area (Å²) in [6.45, 7) is 5.69. The molecule has 0 amide bonds. The molecule has 0 radical (unpaired) electrons. The summed E-state index contributed by atoms with van der Waals surface area (Å²) >= 11 is 6.59. The van der Waals surface area contributed by atoms with E-state index in [9.17, 15) is 0 Å². The lowest BCUT2D eigenvalue weighted by Gasteiger charge is -2.32. The minimum atomic E-state index is 0.528. The number of furan rings is 1. The molecule has 0 unspecified atom stereocenters. The molecule has 9 heteroatoms. The van der Waals surface area contributed by atoms with Crippen LogP contribution in [0.15, 0.2) is 34.9 Å². The van der Waals surface area contributed by atoms with Crippen LogP contribution in [0.5, 0.6) is 0 Å². The molecule has 3 N–H and O–H groups in total. The fourth-order valence-corrected chi connectivity index (χ4v) is 4.57. The Balaban J connectivity index is 1.39. The molecular formula is C22H27ClN6O2. The number of rotatable bonds is 5. The average Bonchev–Trinajstić information content (AvgIpc) is 3.28. The number of piperidine rings is 1. The van der Waals surface area contributed by atoms with E-state index in [4.69, 9.17) is 31.5 Å². The van der Waals surface area contributed by atoms with Gasteiger partial charge < -0.3 is 30.0 Å². The largest absolute Gasteiger partial charge is 0.459 e. The number of hydrogen-bond donors (Lipinski definition) is 2. The van der Waals surface area contributed by atoms with Crippen molar-refractivity contribution in [1.82, 2.24) is 9.97 Å². The van der Waals surface area contributed by atoms with Crippen LogP contribution in [0.1, 0.15) is 12.8 Å². The molecule has 4 heterocycles. The van der Waals surface area contributed by atoms with Gasteiger partial charge in [-0.25, -0.2) is 4.98 Å². The number of anilines is 4. The quantitative estimate of drug-likeness (QED) is 0.618. The van der Waals surface area contributed by atoms with E-state index in [2.05, 4.69) is 20.1 Å². The highest BCUT2D eigenvalue weighted by Crippen LogP contribution is 2.33. The van der Waals surface area contributed by atoms with Crippen molar-refractivity contribution >= 4 is 45.8 Å². The zero-order valence-corrected chi connectivity index (χ0v) is 18.1. The van der Waals surface area contributed by atoms with E-state index in [0.717, 1.165) is 87.1 Å². The van der Waals surface area contributed by atoms with E-state index in [0.29, 0.717) is 16.9 Å². The highest BCUT2D eigenvalue weighted by Gasteiger charge is 2.23. The van der Waals surface area contributed by atoms with Crippen molar-refractivity contribution in [2.45, 2.75) is 12.8 Å². The molecule has 0 atom stereocenters. The molecule has 0 saturated carbocycles. The molecule has 0 aliphatic carbocycles. The third-order valence-electron chi connectivity index (χ3n) is 6.09. The van der Waals surface area contributed by atoms with Gasteiger partial charge in [-0.05, 0) is 43.5 Å². The molecule has 2 aliphatic rings. The SMILES string of the molecule is NCC1CCN(c2nc(Nc3ccc(N4CCOCC4)c(Cl)c3)nc3ccoc23)CC1. The molecular weight excluding hydrogens is 416 g/mol. The molecule has 2 aliphatic heterocycles. The van der Waals surface area contributed by atoms with Gasteiger partial charge in [0.1, 0.15) is 5.52 Å². The summed E-state index contributed by atoms with van der Waals surface area (Å²) in [5.74, 6) is 1.93. The fraction of sp³-hybridized carbons (Fsp3) is 0.455. The third-order valence-corrected chi connectivity index (χ3v) is 6.39. The molecule has 1 aromatic carbocycles. The van der Waals surface area contributed by atoms with Crippen molar-refractivity contribution in [3.05, 3.63) is 35.6 Å². The van der Waals surface area contributed by atoms with Crippen LogP contribution < -0.4 is 20.9 Å². The smallest absolute Gasteiger partial charge is 0.229 e. The Bertz CT molecular complexity index is 1040. The monoisotopic (exact) mass is 442 g/mol. The lowest BCUT2D eigenvalue weighted by molar-refractivity contribution is 0.122. The molecule has 0 spiro atoms. The second-order valence-electron chi connectivity index (χ2n) is 8.06. The maximum atomic E-state index is 6.59. The number of morpholine rings is 1. The number of nitrogens with two attached hydrogens (primary N) is 1. The van der Waals surface area contributed by atoms with E-state index in [1.165, 1.54) is 0 Å². The number of ether oxygens (including phenoxy) is 1. The van der Waals surface area contributed by atoms with Crippen LogP contribution in [0.4, 0.5) is 23.1 Å². The molecule has 2 fully saturated rings. The normalized spacial score (nSPS) is 18.0. The van der Waals surface area contributed by atoms with Crippen molar-refractivity contribution in [3.8, 4) is 0 Å². The number of nitrogens with zero attached hydrogens (tertiary/aromatic N) is 4. The van der Waals surface area contributed by atoms with Gasteiger partial charge in [0.2, 0.25) is 5.95 Å². The summed E-state index contributed by atoms with van der Waals surface area (Å²) in [4.78, 5) is 13.9. The number of halogens is 1. The topological polar surface area (TPSA) is 92.7 Å². The van der Waals surface area contributed by atoms with Crippen molar-refractivity contribution in [2.24, 2.45) is 11.7 Å². The number of fused-ring (bicyclic) bond motifs is 1. The minimum absolute atomic E-state index is 0.528. The predicted octanol–water partition coefficient (Wildman–Crippen LogP) is 3.63. The summed E-state index contributed by atoms with van der Waals surface area (Å²) in [7, 11) is 0. The van der Waals surface area contributed by atoms with Crippen molar-refractivity contribution in [1.29, 1.82) is 0 Å². The molecule has 2 saturated heterocycles. The van der Waals surface area contributed by atoms with Crippen LogP contribution in [0.2, 0.25) is 5.02 Å². The van der Waals surface area contributed by atoms with Crippen molar-refractivity contribution < 1.29 is 9.15 Å². The second-order valence-corrected chi connectivity index (χ2v) is 8.47. The van der Waals surface area contributed by atoms with Crippen LogP contribution in [-0.4, -0.2) is 55.9 Å². The van der Waals surface area contributed by atoms with Gasteiger partial charge in [0.15, 0.2) is 11.4 Å². The Morgan fingerprint density at radius 3 is 2.61 bits per heavy atom.